The first-order chi connectivity index (χ1) is 15.8. The summed E-state index contributed by atoms with van der Waals surface area (Å²) in [7, 11) is -0.776. The summed E-state index contributed by atoms with van der Waals surface area (Å²) < 4.78 is 41.2. The number of carbonyl (C=O) groups excluding carboxylic acids is 1. The number of methoxy groups -OCH3 is 2. The molecule has 0 aliphatic carbocycles. The number of thiophene rings is 1. The Morgan fingerprint density at radius 2 is 2.00 bits per heavy atom. The van der Waals surface area contributed by atoms with Crippen LogP contribution in [-0.4, -0.2) is 50.0 Å². The normalized spacial score (nSPS) is 17.4. The van der Waals surface area contributed by atoms with Crippen molar-refractivity contribution in [3.05, 3.63) is 33.4 Å². The number of carbonyl (C=O) groups is 1. The minimum Gasteiger partial charge on any atom is -0.493 e. The molecule has 174 valence electrons. The highest BCUT2D eigenvalue weighted by molar-refractivity contribution is 7.91. The second kappa shape index (κ2) is 9.48. The van der Waals surface area contributed by atoms with Crippen LogP contribution in [-0.2, 0) is 21.4 Å². The molecule has 33 heavy (non-hydrogen) atoms. The highest BCUT2D eigenvalue weighted by atomic mass is 35.5. The fourth-order valence-corrected chi connectivity index (χ4v) is 8.03. The number of fused-ring (bicyclic) bond motifs is 1. The highest BCUT2D eigenvalue weighted by Crippen LogP contribution is 2.34. The number of terminal acetylenes is 1. The van der Waals surface area contributed by atoms with Gasteiger partial charge in [-0.15, -0.1) is 17.8 Å². The van der Waals surface area contributed by atoms with E-state index in [1.54, 1.807) is 16.7 Å². The molecule has 8 nitrogen and oxygen atoms in total. The van der Waals surface area contributed by atoms with Crippen molar-refractivity contribution in [3.8, 4) is 23.8 Å². The number of amides is 1. The Kier molecular flexibility index (Phi) is 6.83. The monoisotopic (exact) mass is 525 g/mol. The molecule has 2 aromatic heterocycles. The van der Waals surface area contributed by atoms with Gasteiger partial charge in [-0.2, -0.15) is 9.30 Å². The van der Waals surface area contributed by atoms with E-state index in [1.807, 2.05) is 0 Å². The van der Waals surface area contributed by atoms with Gasteiger partial charge < -0.3 is 14.0 Å². The van der Waals surface area contributed by atoms with Gasteiger partial charge in [-0.1, -0.05) is 28.9 Å². The SMILES string of the molecule is C#CCn1c(=NC(=O)C2CCCN2S(=O)(=O)c2ccc(Cl)s2)sc2cc(OC)c(OC)cc21. The molecular weight excluding hydrogens is 506 g/mol. The van der Waals surface area contributed by atoms with Gasteiger partial charge in [0, 0.05) is 18.7 Å². The fraction of sp³-hybridized carbons (Fsp3) is 0.333. The third-order valence-electron chi connectivity index (χ3n) is 5.24. The van der Waals surface area contributed by atoms with E-state index in [0.717, 1.165) is 21.6 Å². The number of thiazole rings is 1. The molecule has 4 rings (SSSR count). The van der Waals surface area contributed by atoms with Gasteiger partial charge in [0.05, 0.1) is 35.3 Å². The summed E-state index contributed by atoms with van der Waals surface area (Å²) in [5, 5.41) is 0. The average Bonchev–Trinajstić information content (AvgIpc) is 3.52. The molecule has 0 spiro atoms. The molecule has 3 heterocycles. The third-order valence-corrected chi connectivity index (χ3v) is 9.89. The number of sulfonamides is 1. The van der Waals surface area contributed by atoms with Gasteiger partial charge in [0.25, 0.3) is 15.9 Å². The highest BCUT2D eigenvalue weighted by Gasteiger charge is 2.40. The van der Waals surface area contributed by atoms with Crippen molar-refractivity contribution >= 4 is 60.4 Å². The lowest BCUT2D eigenvalue weighted by atomic mass is 10.2. The van der Waals surface area contributed by atoms with E-state index in [4.69, 9.17) is 27.5 Å². The van der Waals surface area contributed by atoms with Crippen LogP contribution in [0.4, 0.5) is 0 Å². The molecule has 1 fully saturated rings. The van der Waals surface area contributed by atoms with Crippen LogP contribution in [0.5, 0.6) is 11.5 Å². The Labute approximate surface area is 204 Å². The largest absolute Gasteiger partial charge is 0.493 e. The molecule has 1 aliphatic heterocycles. The van der Waals surface area contributed by atoms with Crippen LogP contribution in [0.15, 0.2) is 33.5 Å². The first kappa shape index (κ1) is 23.8. The second-order valence-electron chi connectivity index (χ2n) is 7.13. The zero-order valence-electron chi connectivity index (χ0n) is 17.8. The predicted molar refractivity (Wildman–Crippen MR) is 129 cm³/mol. The Hall–Kier alpha value is -2.36. The Morgan fingerprint density at radius 1 is 1.27 bits per heavy atom. The average molecular weight is 526 g/mol. The topological polar surface area (TPSA) is 90.2 Å². The van der Waals surface area contributed by atoms with Gasteiger partial charge in [0.1, 0.15) is 10.3 Å². The number of rotatable bonds is 6. The van der Waals surface area contributed by atoms with Gasteiger partial charge in [-0.25, -0.2) is 8.42 Å². The fourth-order valence-electron chi connectivity index (χ4n) is 3.72. The van der Waals surface area contributed by atoms with E-state index >= 15 is 0 Å². The van der Waals surface area contributed by atoms with E-state index in [1.165, 1.54) is 42.0 Å². The number of hydrogen-bond donors (Lipinski definition) is 0. The van der Waals surface area contributed by atoms with Crippen molar-refractivity contribution in [3.63, 3.8) is 0 Å². The van der Waals surface area contributed by atoms with Gasteiger partial charge in [-0.05, 0) is 25.0 Å². The number of ether oxygens (including phenoxy) is 2. The van der Waals surface area contributed by atoms with Crippen LogP contribution in [0.25, 0.3) is 10.2 Å². The molecule has 1 amide bonds. The molecular formula is C21H20ClN3O5S3. The van der Waals surface area contributed by atoms with Crippen LogP contribution in [0.1, 0.15) is 12.8 Å². The summed E-state index contributed by atoms with van der Waals surface area (Å²) in [6.07, 6.45) is 6.51. The van der Waals surface area contributed by atoms with Gasteiger partial charge in [0.2, 0.25) is 0 Å². The zero-order chi connectivity index (χ0) is 23.8. The zero-order valence-corrected chi connectivity index (χ0v) is 21.0. The van der Waals surface area contributed by atoms with Crippen LogP contribution in [0.3, 0.4) is 0 Å². The van der Waals surface area contributed by atoms with Crippen molar-refractivity contribution in [2.75, 3.05) is 20.8 Å². The van der Waals surface area contributed by atoms with Crippen molar-refractivity contribution in [2.45, 2.75) is 29.6 Å². The van der Waals surface area contributed by atoms with Crippen LogP contribution in [0, 0.1) is 12.3 Å². The minimum atomic E-state index is -3.85. The maximum atomic E-state index is 13.2. The van der Waals surface area contributed by atoms with Gasteiger partial charge >= 0.3 is 0 Å². The van der Waals surface area contributed by atoms with Crippen LogP contribution < -0.4 is 14.3 Å². The molecule has 1 aromatic carbocycles. The second-order valence-corrected chi connectivity index (χ2v) is 12.0. The Balaban J connectivity index is 1.76. The van der Waals surface area contributed by atoms with Crippen molar-refractivity contribution in [1.82, 2.24) is 8.87 Å². The van der Waals surface area contributed by atoms with E-state index in [2.05, 4.69) is 10.9 Å². The Bertz CT molecular complexity index is 1430. The van der Waals surface area contributed by atoms with Crippen molar-refractivity contribution in [1.29, 1.82) is 0 Å². The van der Waals surface area contributed by atoms with Crippen LogP contribution >= 0.6 is 34.3 Å². The lowest BCUT2D eigenvalue weighted by Crippen LogP contribution is -2.40. The molecule has 1 atom stereocenters. The lowest BCUT2D eigenvalue weighted by molar-refractivity contribution is -0.121. The number of halogens is 1. The lowest BCUT2D eigenvalue weighted by Gasteiger charge is -2.20. The quantitative estimate of drug-likeness (QED) is 0.460. The van der Waals surface area contributed by atoms with Crippen LogP contribution in [0.2, 0.25) is 4.34 Å². The number of nitrogens with zero attached hydrogens (tertiary/aromatic N) is 3. The number of aromatic nitrogens is 1. The first-order valence-electron chi connectivity index (χ1n) is 9.84. The maximum absolute atomic E-state index is 13.2. The molecule has 1 aliphatic rings. The number of benzene rings is 1. The predicted octanol–water partition coefficient (Wildman–Crippen LogP) is 3.35. The summed E-state index contributed by atoms with van der Waals surface area (Å²) >= 11 is 8.16. The molecule has 0 bridgehead atoms. The third kappa shape index (κ3) is 4.41. The summed E-state index contributed by atoms with van der Waals surface area (Å²) in [4.78, 5) is 17.9. The van der Waals surface area contributed by atoms with E-state index < -0.39 is 22.0 Å². The molecule has 0 N–H and O–H groups in total. The summed E-state index contributed by atoms with van der Waals surface area (Å²) in [5.41, 5.74) is 0.742. The summed E-state index contributed by atoms with van der Waals surface area (Å²) in [6.45, 7) is 0.427. The smallest absolute Gasteiger partial charge is 0.266 e. The molecule has 0 saturated carbocycles. The van der Waals surface area contributed by atoms with E-state index in [-0.39, 0.29) is 17.3 Å². The standard InChI is InChI=1S/C21H20ClN3O5S3/c1-4-9-24-14-11-15(29-2)16(30-3)12-17(14)31-21(24)23-20(26)13-6-5-10-25(13)33(27,28)19-8-7-18(22)32-19/h1,7-8,11-13H,5-6,9-10H2,2-3H3. The van der Waals surface area contributed by atoms with E-state index in [0.29, 0.717) is 33.5 Å². The summed E-state index contributed by atoms with van der Waals surface area (Å²) in [6, 6.07) is 5.66. The molecule has 12 heteroatoms. The number of hydrogen-bond acceptors (Lipinski definition) is 7. The maximum Gasteiger partial charge on any atom is 0.266 e. The molecule has 1 saturated heterocycles. The van der Waals surface area contributed by atoms with Gasteiger partial charge in [0.15, 0.2) is 16.3 Å². The van der Waals surface area contributed by atoms with E-state index in [9.17, 15) is 13.2 Å². The first-order valence-corrected chi connectivity index (χ1v) is 13.3. The minimum absolute atomic E-state index is 0.107. The molecule has 3 aromatic rings. The molecule has 0 radical (unpaired) electrons. The van der Waals surface area contributed by atoms with Gasteiger partial charge in [-0.3, -0.25) is 4.79 Å². The molecule has 1 unspecified atom stereocenters. The van der Waals surface area contributed by atoms with Crippen molar-refractivity contribution < 1.29 is 22.7 Å². The Morgan fingerprint density at radius 3 is 2.64 bits per heavy atom. The summed E-state index contributed by atoms with van der Waals surface area (Å²) in [5.74, 6) is 3.11. The van der Waals surface area contributed by atoms with Crippen molar-refractivity contribution in [2.24, 2.45) is 4.99 Å².